The van der Waals surface area contributed by atoms with Crippen LogP contribution in [0, 0.1) is 11.8 Å². The fourth-order valence-corrected chi connectivity index (χ4v) is 4.96. The van der Waals surface area contributed by atoms with E-state index in [9.17, 15) is 14.7 Å². The number of ether oxygens (including phenoxy) is 1. The Morgan fingerprint density at radius 3 is 2.32 bits per heavy atom. The van der Waals surface area contributed by atoms with E-state index in [1.807, 2.05) is 24.3 Å². The van der Waals surface area contributed by atoms with Gasteiger partial charge in [0.05, 0.1) is 12.1 Å². The third-order valence-electron chi connectivity index (χ3n) is 6.72. The summed E-state index contributed by atoms with van der Waals surface area (Å²) in [6.07, 6.45) is 6.07. The first-order valence-corrected chi connectivity index (χ1v) is 11.5. The smallest absolute Gasteiger partial charge is 0.347 e. The molecule has 1 amide bonds. The molecular weight excluding hydrogens is 432 g/mol. The quantitative estimate of drug-likeness (QED) is 0.487. The van der Waals surface area contributed by atoms with Crippen LogP contribution in [0.25, 0.3) is 11.1 Å². The molecule has 1 unspecified atom stereocenters. The molecule has 1 aliphatic carbocycles. The molecule has 3 aromatic rings. The Hall–Kier alpha value is -3.62. The van der Waals surface area contributed by atoms with Gasteiger partial charge in [0.2, 0.25) is 11.5 Å². The number of hydrogen-bond donors (Lipinski definition) is 3. The first kappa shape index (κ1) is 22.2. The Labute approximate surface area is 197 Å². The number of carbonyl (C=O) groups excluding carboxylic acids is 2. The van der Waals surface area contributed by atoms with Crippen molar-refractivity contribution in [1.82, 2.24) is 15.3 Å². The average molecular weight is 459 g/mol. The Bertz CT molecular complexity index is 1150. The lowest BCUT2D eigenvalue weighted by Gasteiger charge is -2.31. The largest absolute Gasteiger partial charge is 0.462 e. The van der Waals surface area contributed by atoms with Crippen molar-refractivity contribution < 1.29 is 19.4 Å². The number of hydrogen-bond acceptors (Lipinski definition) is 7. The van der Waals surface area contributed by atoms with Crippen LogP contribution >= 0.6 is 0 Å². The van der Waals surface area contributed by atoms with Gasteiger partial charge in [-0.3, -0.25) is 9.78 Å². The zero-order valence-corrected chi connectivity index (χ0v) is 18.6. The average Bonchev–Trinajstić information content (AvgIpc) is 3.15. The topological polar surface area (TPSA) is 113 Å². The Balaban J connectivity index is 1.39. The molecule has 0 radical (unpaired) electrons. The van der Waals surface area contributed by atoms with Gasteiger partial charge in [-0.2, -0.15) is 0 Å². The van der Waals surface area contributed by atoms with Crippen LogP contribution in [0.1, 0.15) is 24.0 Å². The third kappa shape index (κ3) is 3.95. The maximum atomic E-state index is 13.4. The van der Waals surface area contributed by atoms with E-state index in [0.717, 1.165) is 37.1 Å². The van der Waals surface area contributed by atoms with Crippen LogP contribution in [-0.4, -0.2) is 46.6 Å². The summed E-state index contributed by atoms with van der Waals surface area (Å²) in [6.45, 7) is 1.44. The van der Waals surface area contributed by atoms with Gasteiger partial charge in [0.1, 0.15) is 6.61 Å². The van der Waals surface area contributed by atoms with E-state index in [4.69, 9.17) is 4.74 Å². The highest BCUT2D eigenvalue weighted by Gasteiger charge is 2.49. The van der Waals surface area contributed by atoms with Gasteiger partial charge in [-0.1, -0.05) is 48.5 Å². The maximum Gasteiger partial charge on any atom is 0.347 e. The van der Waals surface area contributed by atoms with Gasteiger partial charge >= 0.3 is 5.97 Å². The predicted molar refractivity (Wildman–Crippen MR) is 126 cm³/mol. The number of nitrogens with zero attached hydrogens (tertiary/aromatic N) is 2. The van der Waals surface area contributed by atoms with Crippen molar-refractivity contribution in [1.29, 1.82) is 0 Å². The number of benzene rings is 2. The molecule has 2 heterocycles. The number of piperidine rings is 1. The molecule has 3 N–H and O–H groups in total. The highest BCUT2D eigenvalue weighted by Crippen LogP contribution is 2.48. The molecule has 174 valence electrons. The Kier molecular flexibility index (Phi) is 6.08. The summed E-state index contributed by atoms with van der Waals surface area (Å²) >= 11 is 0. The Morgan fingerprint density at radius 1 is 1.06 bits per heavy atom. The number of amides is 1. The lowest BCUT2D eigenvalue weighted by atomic mass is 9.84. The molecule has 1 fully saturated rings. The minimum atomic E-state index is -1.92. The SMILES string of the molecule is O=C(Nc1cnccn1)C(COC(=O)C1(O)c2ccccc2-c2ccccc21)C1CCNCC1. The van der Waals surface area contributed by atoms with E-state index in [1.54, 1.807) is 24.3 Å². The molecule has 0 saturated carbocycles. The van der Waals surface area contributed by atoms with Crippen LogP contribution in [0.4, 0.5) is 5.82 Å². The van der Waals surface area contributed by atoms with E-state index in [2.05, 4.69) is 20.6 Å². The summed E-state index contributed by atoms with van der Waals surface area (Å²) in [5.74, 6) is -1.27. The van der Waals surface area contributed by atoms with Crippen molar-refractivity contribution in [3.8, 4) is 11.1 Å². The van der Waals surface area contributed by atoms with Crippen molar-refractivity contribution in [3.05, 3.63) is 78.2 Å². The Morgan fingerprint density at radius 2 is 1.71 bits per heavy atom. The fraction of sp³-hybridized carbons (Fsp3) is 0.308. The van der Waals surface area contributed by atoms with Crippen LogP contribution in [0.2, 0.25) is 0 Å². The van der Waals surface area contributed by atoms with Gasteiger partial charge in [-0.05, 0) is 43.0 Å². The number of aromatic nitrogens is 2. The lowest BCUT2D eigenvalue weighted by molar-refractivity contribution is -0.164. The van der Waals surface area contributed by atoms with E-state index in [1.165, 1.54) is 18.6 Å². The van der Waals surface area contributed by atoms with Crippen molar-refractivity contribution in [2.75, 3.05) is 25.0 Å². The molecule has 1 aromatic heterocycles. The van der Waals surface area contributed by atoms with Crippen molar-refractivity contribution in [2.24, 2.45) is 11.8 Å². The number of nitrogens with one attached hydrogen (secondary N) is 2. The molecule has 8 heteroatoms. The molecule has 1 atom stereocenters. The molecule has 0 spiro atoms. The van der Waals surface area contributed by atoms with Gasteiger partial charge in [-0.25, -0.2) is 9.78 Å². The van der Waals surface area contributed by atoms with Crippen LogP contribution < -0.4 is 10.6 Å². The molecule has 1 aliphatic heterocycles. The monoisotopic (exact) mass is 458 g/mol. The second kappa shape index (κ2) is 9.32. The second-order valence-electron chi connectivity index (χ2n) is 8.67. The summed E-state index contributed by atoms with van der Waals surface area (Å²) in [7, 11) is 0. The molecule has 34 heavy (non-hydrogen) atoms. The fourth-order valence-electron chi connectivity index (χ4n) is 4.96. The van der Waals surface area contributed by atoms with Crippen molar-refractivity contribution in [3.63, 3.8) is 0 Å². The van der Waals surface area contributed by atoms with E-state index in [0.29, 0.717) is 16.9 Å². The van der Waals surface area contributed by atoms with Gasteiger partial charge < -0.3 is 20.5 Å². The molecule has 8 nitrogen and oxygen atoms in total. The maximum absolute atomic E-state index is 13.4. The van der Waals surface area contributed by atoms with E-state index < -0.39 is 17.5 Å². The van der Waals surface area contributed by atoms with Gasteiger partial charge in [0.25, 0.3) is 0 Å². The number of rotatable bonds is 6. The van der Waals surface area contributed by atoms with Crippen LogP contribution in [0.3, 0.4) is 0 Å². The minimum absolute atomic E-state index is 0.0310. The number of aliphatic hydroxyl groups is 1. The standard InChI is InChI=1S/C26H26N4O4/c31-24(30-23-15-28-13-14-29-23)20(17-9-11-27-12-10-17)16-34-25(32)26(33)21-7-3-1-5-18(21)19-6-2-4-8-22(19)26/h1-8,13-15,17,20,27,33H,9-12,16H2,(H,29,30,31). The summed E-state index contributed by atoms with van der Waals surface area (Å²) in [4.78, 5) is 34.7. The van der Waals surface area contributed by atoms with Crippen LogP contribution in [-0.2, 0) is 19.9 Å². The zero-order valence-electron chi connectivity index (χ0n) is 18.6. The zero-order chi connectivity index (χ0) is 23.5. The molecule has 2 aromatic carbocycles. The second-order valence-corrected chi connectivity index (χ2v) is 8.67. The van der Waals surface area contributed by atoms with E-state index in [-0.39, 0.29) is 18.4 Å². The normalized spacial score (nSPS) is 17.3. The van der Waals surface area contributed by atoms with Gasteiger partial charge in [0, 0.05) is 23.5 Å². The summed E-state index contributed by atoms with van der Waals surface area (Å²) in [6, 6.07) is 14.6. The number of carbonyl (C=O) groups is 2. The summed E-state index contributed by atoms with van der Waals surface area (Å²) in [5, 5.41) is 17.7. The molecular formula is C26H26N4O4. The number of fused-ring (bicyclic) bond motifs is 3. The summed E-state index contributed by atoms with van der Waals surface area (Å²) < 4.78 is 5.71. The van der Waals surface area contributed by atoms with E-state index >= 15 is 0 Å². The predicted octanol–water partition coefficient (Wildman–Crippen LogP) is 2.49. The van der Waals surface area contributed by atoms with Gasteiger partial charge in [0.15, 0.2) is 5.82 Å². The molecule has 5 rings (SSSR count). The van der Waals surface area contributed by atoms with Crippen LogP contribution in [0.5, 0.6) is 0 Å². The molecule has 1 saturated heterocycles. The van der Waals surface area contributed by atoms with Crippen LogP contribution in [0.15, 0.2) is 67.1 Å². The van der Waals surface area contributed by atoms with Crippen molar-refractivity contribution in [2.45, 2.75) is 18.4 Å². The van der Waals surface area contributed by atoms with Gasteiger partial charge in [-0.15, -0.1) is 0 Å². The first-order chi connectivity index (χ1) is 16.6. The highest BCUT2D eigenvalue weighted by atomic mass is 16.5. The first-order valence-electron chi connectivity index (χ1n) is 11.5. The van der Waals surface area contributed by atoms with Crippen molar-refractivity contribution >= 4 is 17.7 Å². The third-order valence-corrected chi connectivity index (χ3v) is 6.72. The lowest BCUT2D eigenvalue weighted by Crippen LogP contribution is -2.42. The minimum Gasteiger partial charge on any atom is -0.462 e. The number of anilines is 1. The highest BCUT2D eigenvalue weighted by molar-refractivity contribution is 5.96. The molecule has 2 aliphatic rings. The molecule has 0 bridgehead atoms. The summed E-state index contributed by atoms with van der Waals surface area (Å²) in [5.41, 5.74) is 0.653. The number of esters is 1.